The fraction of sp³-hybridized carbons (Fsp3) is 0.200. The van der Waals surface area contributed by atoms with E-state index in [1.54, 1.807) is 12.1 Å². The zero-order chi connectivity index (χ0) is 24.1. The van der Waals surface area contributed by atoms with Crippen molar-refractivity contribution in [2.75, 3.05) is 10.0 Å². The van der Waals surface area contributed by atoms with Crippen LogP contribution >= 0.6 is 15.9 Å². The van der Waals surface area contributed by atoms with Gasteiger partial charge in [0.25, 0.3) is 10.0 Å². The topological polar surface area (TPSA) is 58.2 Å². The van der Waals surface area contributed by atoms with Gasteiger partial charge in [0, 0.05) is 21.8 Å². The van der Waals surface area contributed by atoms with E-state index in [4.69, 9.17) is 0 Å². The fourth-order valence-electron chi connectivity index (χ4n) is 4.71. The molecule has 0 unspecified atom stereocenters. The molecule has 5 rings (SSSR count). The number of nitrogens with one attached hydrogen (secondary N) is 2. The molecule has 0 saturated heterocycles. The summed E-state index contributed by atoms with van der Waals surface area (Å²) >= 11 is 3.46. The number of sulfonamides is 1. The number of allylic oxidation sites excluding steroid dienone is 2. The van der Waals surface area contributed by atoms with Crippen molar-refractivity contribution in [1.29, 1.82) is 0 Å². The van der Waals surface area contributed by atoms with E-state index in [1.165, 1.54) is 18.2 Å². The molecule has 2 N–H and O–H groups in total. The van der Waals surface area contributed by atoms with Crippen LogP contribution in [-0.4, -0.2) is 8.42 Å². The minimum Gasteiger partial charge on any atom is -0.378 e. The van der Waals surface area contributed by atoms with Crippen molar-refractivity contribution in [1.82, 2.24) is 0 Å². The molecular formula is C25H20BrF3N2O2S. The van der Waals surface area contributed by atoms with Crippen LogP contribution in [0.1, 0.15) is 35.1 Å². The Labute approximate surface area is 204 Å². The van der Waals surface area contributed by atoms with Gasteiger partial charge in [-0.2, -0.15) is 13.2 Å². The zero-order valence-corrected chi connectivity index (χ0v) is 20.1. The van der Waals surface area contributed by atoms with E-state index in [0.717, 1.165) is 39.8 Å². The lowest BCUT2D eigenvalue weighted by atomic mass is 9.77. The van der Waals surface area contributed by atoms with E-state index in [2.05, 4.69) is 50.3 Å². The quantitative estimate of drug-likeness (QED) is 0.342. The molecule has 0 bridgehead atoms. The average molecular weight is 549 g/mol. The number of hydrogen-bond donors (Lipinski definition) is 2. The summed E-state index contributed by atoms with van der Waals surface area (Å²) in [7, 11) is -4.08. The second-order valence-electron chi connectivity index (χ2n) is 8.46. The van der Waals surface area contributed by atoms with Crippen LogP contribution < -0.4 is 10.0 Å². The lowest BCUT2D eigenvalue weighted by Gasteiger charge is -2.37. The molecule has 9 heteroatoms. The average Bonchev–Trinajstić information content (AvgIpc) is 3.28. The lowest BCUT2D eigenvalue weighted by molar-refractivity contribution is -0.137. The van der Waals surface area contributed by atoms with Gasteiger partial charge >= 0.3 is 6.18 Å². The normalized spacial score (nSPS) is 21.5. The first-order valence-corrected chi connectivity index (χ1v) is 12.9. The fourth-order valence-corrected chi connectivity index (χ4v) is 6.06. The van der Waals surface area contributed by atoms with Crippen LogP contribution in [0.4, 0.5) is 24.5 Å². The van der Waals surface area contributed by atoms with Crippen LogP contribution in [0.5, 0.6) is 0 Å². The highest BCUT2D eigenvalue weighted by Gasteiger charge is 2.38. The number of anilines is 2. The van der Waals surface area contributed by atoms with Crippen molar-refractivity contribution in [2.24, 2.45) is 5.92 Å². The Balaban J connectivity index is 1.46. The van der Waals surface area contributed by atoms with Crippen LogP contribution in [-0.2, 0) is 16.2 Å². The number of alkyl halides is 3. The molecule has 3 aromatic rings. The molecule has 2 aliphatic rings. The molecule has 1 heterocycles. The summed E-state index contributed by atoms with van der Waals surface area (Å²) in [4.78, 5) is 0.00611. The molecule has 1 aliphatic carbocycles. The number of hydrogen-bond acceptors (Lipinski definition) is 3. The van der Waals surface area contributed by atoms with Crippen LogP contribution in [0.25, 0.3) is 0 Å². The van der Waals surface area contributed by atoms with Gasteiger partial charge in [-0.25, -0.2) is 8.42 Å². The number of fused-ring (bicyclic) bond motifs is 3. The SMILES string of the molecule is O=S(=O)(Nc1cccc(C(F)(F)F)c1)c1ccc2c(c1)[C@H]1C=CC[C@H]1[C@@H](c1ccc(Br)cc1)N2. The maximum absolute atomic E-state index is 13.0. The second kappa shape index (κ2) is 8.46. The van der Waals surface area contributed by atoms with Crippen molar-refractivity contribution >= 4 is 37.3 Å². The van der Waals surface area contributed by atoms with Crippen LogP contribution in [0.3, 0.4) is 0 Å². The molecule has 0 amide bonds. The Morgan fingerprint density at radius 3 is 2.50 bits per heavy atom. The maximum atomic E-state index is 13.0. The van der Waals surface area contributed by atoms with Gasteiger partial charge in [-0.1, -0.05) is 46.3 Å². The number of halogens is 4. The molecule has 1 aliphatic heterocycles. The molecule has 0 fully saturated rings. The molecule has 0 saturated carbocycles. The van der Waals surface area contributed by atoms with E-state index >= 15 is 0 Å². The van der Waals surface area contributed by atoms with Crippen LogP contribution in [0, 0.1) is 5.92 Å². The third-order valence-corrected chi connectivity index (χ3v) is 8.22. The Hall–Kier alpha value is -2.78. The van der Waals surface area contributed by atoms with E-state index in [0.29, 0.717) is 0 Å². The van der Waals surface area contributed by atoms with E-state index < -0.39 is 21.8 Å². The summed E-state index contributed by atoms with van der Waals surface area (Å²) in [6, 6.07) is 17.2. The summed E-state index contributed by atoms with van der Waals surface area (Å²) in [5, 5.41) is 3.56. The highest BCUT2D eigenvalue weighted by atomic mass is 79.9. The number of benzene rings is 3. The largest absolute Gasteiger partial charge is 0.416 e. The van der Waals surface area contributed by atoms with Crippen LogP contribution in [0.15, 0.2) is 88.3 Å². The Morgan fingerprint density at radius 1 is 1.00 bits per heavy atom. The standard InChI is InChI=1S/C25H20BrF3N2O2S/c26-17-9-7-15(8-10-17)24-21-6-2-5-20(21)22-14-19(11-12-23(22)30-24)34(32,33)31-18-4-1-3-16(13-18)25(27,28)29/h1-5,7-14,20-21,24,30-31H,6H2/t20-,21+,24+/m0/s1. The third-order valence-electron chi connectivity index (χ3n) is 6.32. The molecule has 176 valence electrons. The summed E-state index contributed by atoms with van der Waals surface area (Å²) in [6.45, 7) is 0. The van der Waals surface area contributed by atoms with E-state index in [-0.39, 0.29) is 28.5 Å². The highest BCUT2D eigenvalue weighted by molar-refractivity contribution is 9.10. The van der Waals surface area contributed by atoms with Crippen molar-refractivity contribution in [3.8, 4) is 0 Å². The Bertz CT molecular complexity index is 1370. The first-order valence-electron chi connectivity index (χ1n) is 10.6. The molecule has 4 nitrogen and oxygen atoms in total. The molecule has 3 atom stereocenters. The highest BCUT2D eigenvalue weighted by Crippen LogP contribution is 2.50. The molecule has 3 aromatic carbocycles. The minimum atomic E-state index is -4.56. The Kier molecular flexibility index (Phi) is 5.72. The van der Waals surface area contributed by atoms with E-state index in [1.807, 2.05) is 12.1 Å². The van der Waals surface area contributed by atoms with Gasteiger partial charge in [-0.15, -0.1) is 0 Å². The zero-order valence-electron chi connectivity index (χ0n) is 17.7. The summed E-state index contributed by atoms with van der Waals surface area (Å²) < 4.78 is 68.4. The van der Waals surface area contributed by atoms with Crippen molar-refractivity contribution in [3.63, 3.8) is 0 Å². The molecule has 0 spiro atoms. The van der Waals surface area contributed by atoms with Gasteiger partial charge in [0.2, 0.25) is 0 Å². The molecule has 34 heavy (non-hydrogen) atoms. The van der Waals surface area contributed by atoms with Gasteiger partial charge in [-0.3, -0.25) is 4.72 Å². The Morgan fingerprint density at radius 2 is 1.76 bits per heavy atom. The van der Waals surface area contributed by atoms with Crippen molar-refractivity contribution < 1.29 is 21.6 Å². The first kappa shape index (κ1) is 23.0. The van der Waals surface area contributed by atoms with Gasteiger partial charge in [0.15, 0.2) is 0 Å². The predicted molar refractivity (Wildman–Crippen MR) is 129 cm³/mol. The van der Waals surface area contributed by atoms with Gasteiger partial charge < -0.3 is 5.32 Å². The second-order valence-corrected chi connectivity index (χ2v) is 11.1. The summed E-state index contributed by atoms with van der Waals surface area (Å²) in [5.74, 6) is 0.261. The molecule has 0 aromatic heterocycles. The van der Waals surface area contributed by atoms with Gasteiger partial charge in [0.1, 0.15) is 0 Å². The smallest absolute Gasteiger partial charge is 0.378 e. The van der Waals surface area contributed by atoms with Gasteiger partial charge in [0.05, 0.1) is 16.5 Å². The maximum Gasteiger partial charge on any atom is 0.416 e. The predicted octanol–water partition coefficient (Wildman–Crippen LogP) is 7.10. The van der Waals surface area contributed by atoms with E-state index in [9.17, 15) is 21.6 Å². The summed E-state index contributed by atoms with van der Waals surface area (Å²) in [6.07, 6.45) is 0.512. The monoisotopic (exact) mass is 548 g/mol. The third kappa shape index (κ3) is 4.34. The first-order chi connectivity index (χ1) is 16.1. The van der Waals surface area contributed by atoms with Gasteiger partial charge in [-0.05, 0) is 72.0 Å². The van der Waals surface area contributed by atoms with Crippen LogP contribution in [0.2, 0.25) is 0 Å². The molecule has 0 radical (unpaired) electrons. The lowest BCUT2D eigenvalue weighted by Crippen LogP contribution is -2.29. The van der Waals surface area contributed by atoms with Crippen molar-refractivity contribution in [2.45, 2.75) is 29.5 Å². The van der Waals surface area contributed by atoms with Crippen molar-refractivity contribution in [3.05, 3.63) is 100 Å². The summed E-state index contributed by atoms with van der Waals surface area (Å²) in [5.41, 5.74) is 1.80. The molecular weight excluding hydrogens is 529 g/mol. The minimum absolute atomic E-state index is 0.00611. The number of rotatable bonds is 4.